The van der Waals surface area contributed by atoms with Gasteiger partial charge in [-0.15, -0.1) is 0 Å². The van der Waals surface area contributed by atoms with Gasteiger partial charge >= 0.3 is 0 Å². The molecule has 1 heterocycles. The molecule has 4 amide bonds. The number of hydrogen-bond donors (Lipinski definition) is 1. The second kappa shape index (κ2) is 10.5. The Hall–Kier alpha value is -3.03. The first-order valence-electron chi connectivity index (χ1n) is 11.2. The molecule has 1 fully saturated rings. The summed E-state index contributed by atoms with van der Waals surface area (Å²) in [5.74, 6) is -2.40. The predicted molar refractivity (Wildman–Crippen MR) is 116 cm³/mol. The molecule has 1 aromatic rings. The average Bonchev–Trinajstić information content (AvgIpc) is 3.04. The van der Waals surface area contributed by atoms with Crippen LogP contribution in [0.2, 0.25) is 0 Å². The van der Waals surface area contributed by atoms with Gasteiger partial charge in [0.05, 0.1) is 11.8 Å². The monoisotopic (exact) mass is 443 g/mol. The molecule has 172 valence electrons. The first kappa shape index (κ1) is 23.6. The highest BCUT2D eigenvalue weighted by atomic mass is 19.1. The molecule has 2 aliphatic rings. The van der Waals surface area contributed by atoms with E-state index >= 15 is 0 Å². The van der Waals surface area contributed by atoms with Gasteiger partial charge in [0.1, 0.15) is 11.9 Å². The fourth-order valence-corrected chi connectivity index (χ4v) is 4.23. The molecule has 0 unspecified atom stereocenters. The number of carbonyl (C=O) groups excluding carboxylic acids is 4. The van der Waals surface area contributed by atoms with E-state index in [0.717, 1.165) is 6.42 Å². The van der Waals surface area contributed by atoms with E-state index in [1.807, 2.05) is 19.1 Å². The molecule has 7 nitrogen and oxygen atoms in total. The number of amides is 4. The molecule has 1 aliphatic heterocycles. The Morgan fingerprint density at radius 3 is 2.38 bits per heavy atom. The molecule has 0 spiro atoms. The smallest absolute Gasteiger partial charge is 0.242 e. The molecule has 0 saturated carbocycles. The van der Waals surface area contributed by atoms with Crippen molar-refractivity contribution >= 4 is 23.6 Å². The van der Waals surface area contributed by atoms with Gasteiger partial charge in [0.15, 0.2) is 0 Å². The van der Waals surface area contributed by atoms with Gasteiger partial charge in [0.2, 0.25) is 23.6 Å². The van der Waals surface area contributed by atoms with Crippen LogP contribution in [-0.2, 0) is 25.7 Å². The molecule has 0 radical (unpaired) electrons. The topological polar surface area (TPSA) is 86.8 Å². The van der Waals surface area contributed by atoms with E-state index in [0.29, 0.717) is 24.9 Å². The zero-order valence-electron chi connectivity index (χ0n) is 18.6. The van der Waals surface area contributed by atoms with E-state index in [-0.39, 0.29) is 49.1 Å². The molecule has 3 atom stereocenters. The standard InChI is InChI=1S/C24H30FN3O4/c1-3-13-26-22(30)16(2)28(15-17-8-4-7-11-20(17)25)21(29)12-14-27-23(31)18-9-5-6-10-19(18)24(27)32/h4-8,11,16,18-19H,3,9-10,12-15H2,1-2H3,(H,26,30)/t16-,18-,19+/m1/s1. The second-order valence-corrected chi connectivity index (χ2v) is 8.31. The summed E-state index contributed by atoms with van der Waals surface area (Å²) in [5, 5.41) is 2.76. The molecule has 1 aliphatic carbocycles. The van der Waals surface area contributed by atoms with Crippen LogP contribution < -0.4 is 5.32 Å². The molecule has 0 aromatic heterocycles. The van der Waals surface area contributed by atoms with Crippen molar-refractivity contribution in [2.24, 2.45) is 11.8 Å². The Morgan fingerprint density at radius 1 is 1.16 bits per heavy atom. The third kappa shape index (κ3) is 5.06. The molecule has 8 heteroatoms. The number of allylic oxidation sites excluding steroid dienone is 2. The van der Waals surface area contributed by atoms with Crippen LogP contribution in [0.4, 0.5) is 4.39 Å². The van der Waals surface area contributed by atoms with Crippen molar-refractivity contribution in [3.63, 3.8) is 0 Å². The van der Waals surface area contributed by atoms with Crippen LogP contribution in [0.25, 0.3) is 0 Å². The van der Waals surface area contributed by atoms with Crippen molar-refractivity contribution < 1.29 is 23.6 Å². The number of hydrogen-bond acceptors (Lipinski definition) is 4. The van der Waals surface area contributed by atoms with E-state index in [4.69, 9.17) is 0 Å². The number of imide groups is 1. The van der Waals surface area contributed by atoms with E-state index in [1.54, 1.807) is 25.1 Å². The number of rotatable bonds is 9. The largest absolute Gasteiger partial charge is 0.354 e. The maximum Gasteiger partial charge on any atom is 0.242 e. The molecule has 0 bridgehead atoms. The zero-order valence-corrected chi connectivity index (χ0v) is 18.6. The van der Waals surface area contributed by atoms with Crippen LogP contribution in [0.1, 0.15) is 45.1 Å². The Bertz CT molecular complexity index is 890. The maximum absolute atomic E-state index is 14.2. The summed E-state index contributed by atoms with van der Waals surface area (Å²) in [6.45, 7) is 3.86. The molecule has 3 rings (SSSR count). The lowest BCUT2D eigenvalue weighted by molar-refractivity contribution is -0.143. The number of nitrogens with zero attached hydrogens (tertiary/aromatic N) is 2. The summed E-state index contributed by atoms with van der Waals surface area (Å²) in [5.41, 5.74) is 0.293. The molecule has 1 N–H and O–H groups in total. The van der Waals surface area contributed by atoms with E-state index in [9.17, 15) is 23.6 Å². The van der Waals surface area contributed by atoms with Crippen molar-refractivity contribution in [2.45, 2.75) is 52.1 Å². The number of carbonyl (C=O) groups is 4. The Balaban J connectivity index is 1.71. The number of halogens is 1. The van der Waals surface area contributed by atoms with Crippen molar-refractivity contribution in [1.29, 1.82) is 0 Å². The maximum atomic E-state index is 14.2. The number of benzene rings is 1. The number of likely N-dealkylation sites (tertiary alicyclic amines) is 1. The highest BCUT2D eigenvalue weighted by Crippen LogP contribution is 2.35. The SMILES string of the molecule is CCCNC(=O)[C@@H](C)N(Cc1ccccc1F)C(=O)CCN1C(=O)[C@H]2CC=CC[C@H]2C1=O. The van der Waals surface area contributed by atoms with Crippen molar-refractivity contribution in [3.05, 3.63) is 47.8 Å². The van der Waals surface area contributed by atoms with Gasteiger partial charge < -0.3 is 10.2 Å². The third-order valence-corrected chi connectivity index (χ3v) is 6.16. The van der Waals surface area contributed by atoms with Gasteiger partial charge in [-0.3, -0.25) is 24.1 Å². The average molecular weight is 444 g/mol. The predicted octanol–water partition coefficient (Wildman–Crippen LogP) is 2.41. The van der Waals surface area contributed by atoms with Crippen molar-refractivity contribution in [3.8, 4) is 0 Å². The van der Waals surface area contributed by atoms with Crippen molar-refractivity contribution in [1.82, 2.24) is 15.1 Å². The first-order valence-corrected chi connectivity index (χ1v) is 11.2. The first-order chi connectivity index (χ1) is 15.3. The van der Waals surface area contributed by atoms with Crippen LogP contribution in [0.15, 0.2) is 36.4 Å². The van der Waals surface area contributed by atoms with E-state index in [1.165, 1.54) is 15.9 Å². The minimum Gasteiger partial charge on any atom is -0.354 e. The molecule has 1 saturated heterocycles. The lowest BCUT2D eigenvalue weighted by atomic mass is 9.85. The Morgan fingerprint density at radius 2 is 1.78 bits per heavy atom. The third-order valence-electron chi connectivity index (χ3n) is 6.16. The quantitative estimate of drug-likeness (QED) is 0.469. The van der Waals surface area contributed by atoms with Crippen LogP contribution in [0.3, 0.4) is 0 Å². The highest BCUT2D eigenvalue weighted by molar-refractivity contribution is 6.05. The summed E-state index contributed by atoms with van der Waals surface area (Å²) in [7, 11) is 0. The minimum absolute atomic E-state index is 0.0411. The zero-order chi connectivity index (χ0) is 23.3. The fraction of sp³-hybridized carbons (Fsp3) is 0.500. The number of fused-ring (bicyclic) bond motifs is 1. The lowest BCUT2D eigenvalue weighted by Gasteiger charge is -2.29. The van der Waals surface area contributed by atoms with Crippen LogP contribution in [0, 0.1) is 17.7 Å². The summed E-state index contributed by atoms with van der Waals surface area (Å²) >= 11 is 0. The van der Waals surface area contributed by atoms with Gasteiger partial charge in [-0.2, -0.15) is 0 Å². The summed E-state index contributed by atoms with van der Waals surface area (Å²) in [6, 6.07) is 5.27. The summed E-state index contributed by atoms with van der Waals surface area (Å²) in [6.07, 6.45) is 5.52. The van der Waals surface area contributed by atoms with Gasteiger partial charge in [0, 0.05) is 31.6 Å². The fourth-order valence-electron chi connectivity index (χ4n) is 4.23. The Labute approximate surface area is 187 Å². The van der Waals surface area contributed by atoms with Gasteiger partial charge in [-0.05, 0) is 32.3 Å². The van der Waals surface area contributed by atoms with Crippen LogP contribution in [-0.4, -0.2) is 52.6 Å². The lowest BCUT2D eigenvalue weighted by Crippen LogP contribution is -2.48. The van der Waals surface area contributed by atoms with E-state index in [2.05, 4.69) is 5.32 Å². The second-order valence-electron chi connectivity index (χ2n) is 8.31. The molecule has 1 aromatic carbocycles. The Kier molecular flexibility index (Phi) is 7.77. The molecular weight excluding hydrogens is 413 g/mol. The van der Waals surface area contributed by atoms with Crippen LogP contribution in [0.5, 0.6) is 0 Å². The van der Waals surface area contributed by atoms with Gasteiger partial charge in [-0.25, -0.2) is 4.39 Å². The van der Waals surface area contributed by atoms with Gasteiger partial charge in [0.25, 0.3) is 0 Å². The van der Waals surface area contributed by atoms with Crippen LogP contribution >= 0.6 is 0 Å². The normalized spacial score (nSPS) is 20.8. The molecule has 32 heavy (non-hydrogen) atoms. The summed E-state index contributed by atoms with van der Waals surface area (Å²) in [4.78, 5) is 53.5. The highest BCUT2D eigenvalue weighted by Gasteiger charge is 2.47. The van der Waals surface area contributed by atoms with E-state index < -0.39 is 17.8 Å². The number of nitrogens with one attached hydrogen (secondary N) is 1. The summed E-state index contributed by atoms with van der Waals surface area (Å²) < 4.78 is 14.2. The molecular formula is C24H30FN3O4. The minimum atomic E-state index is -0.828. The van der Waals surface area contributed by atoms with Gasteiger partial charge in [-0.1, -0.05) is 37.3 Å². The van der Waals surface area contributed by atoms with Crippen molar-refractivity contribution in [2.75, 3.05) is 13.1 Å².